The number of aliphatic imine (C=N–C) groups is 1. The lowest BCUT2D eigenvalue weighted by atomic mass is 9.94. The van der Waals surface area contributed by atoms with Crippen LogP contribution in [-0.2, 0) is 15.2 Å². The van der Waals surface area contributed by atoms with E-state index < -0.39 is 5.72 Å². The zero-order chi connectivity index (χ0) is 16.5. The number of hydrogen-bond donors (Lipinski definition) is 0. The minimum absolute atomic E-state index is 0.197. The van der Waals surface area contributed by atoms with Gasteiger partial charge in [0.2, 0.25) is 11.6 Å². The topological polar surface area (TPSA) is 30.8 Å². The average Bonchev–Trinajstić information content (AvgIpc) is 2.62. The van der Waals surface area contributed by atoms with Crippen molar-refractivity contribution >= 4 is 17.5 Å². The SMILES string of the molecule is CCO/C(CCl)=N\C(OCC)(c1ccccc1)c1ccccc1. The molecule has 0 bridgehead atoms. The Morgan fingerprint density at radius 1 is 0.913 bits per heavy atom. The third-order valence-corrected chi connectivity index (χ3v) is 3.62. The largest absolute Gasteiger partial charge is 0.480 e. The third kappa shape index (κ3) is 4.12. The van der Waals surface area contributed by atoms with Crippen LogP contribution in [0.25, 0.3) is 0 Å². The molecule has 23 heavy (non-hydrogen) atoms. The highest BCUT2D eigenvalue weighted by Gasteiger charge is 2.35. The number of rotatable bonds is 7. The number of alkyl halides is 1. The molecule has 0 saturated heterocycles. The second-order valence-corrected chi connectivity index (χ2v) is 5.15. The highest BCUT2D eigenvalue weighted by atomic mass is 35.5. The summed E-state index contributed by atoms with van der Waals surface area (Å²) in [5.74, 6) is 0.665. The minimum Gasteiger partial charge on any atom is -0.480 e. The Morgan fingerprint density at radius 3 is 1.83 bits per heavy atom. The van der Waals surface area contributed by atoms with Crippen LogP contribution in [0.4, 0.5) is 0 Å². The molecule has 0 saturated carbocycles. The van der Waals surface area contributed by atoms with Gasteiger partial charge in [-0.25, -0.2) is 4.99 Å². The summed E-state index contributed by atoms with van der Waals surface area (Å²) in [6, 6.07) is 19.9. The van der Waals surface area contributed by atoms with Gasteiger partial charge < -0.3 is 9.47 Å². The van der Waals surface area contributed by atoms with Gasteiger partial charge in [-0.2, -0.15) is 0 Å². The number of nitrogens with zero attached hydrogens (tertiary/aromatic N) is 1. The molecule has 0 fully saturated rings. The Bertz CT molecular complexity index is 574. The van der Waals surface area contributed by atoms with Gasteiger partial charge in [-0.3, -0.25) is 0 Å². The predicted molar refractivity (Wildman–Crippen MR) is 95.1 cm³/mol. The Morgan fingerprint density at radius 2 is 1.43 bits per heavy atom. The van der Waals surface area contributed by atoms with Crippen molar-refractivity contribution in [2.45, 2.75) is 19.6 Å². The lowest BCUT2D eigenvalue weighted by molar-refractivity contribution is -0.00578. The predicted octanol–water partition coefficient (Wildman–Crippen LogP) is 4.60. The molecule has 0 N–H and O–H groups in total. The van der Waals surface area contributed by atoms with E-state index in [0.29, 0.717) is 19.1 Å². The summed E-state index contributed by atoms with van der Waals surface area (Å²) >= 11 is 6.02. The summed E-state index contributed by atoms with van der Waals surface area (Å²) < 4.78 is 11.7. The molecule has 0 aliphatic heterocycles. The molecule has 3 nitrogen and oxygen atoms in total. The first kappa shape index (κ1) is 17.5. The monoisotopic (exact) mass is 331 g/mol. The van der Waals surface area contributed by atoms with Crippen LogP contribution < -0.4 is 0 Å². The highest BCUT2D eigenvalue weighted by Crippen LogP contribution is 2.35. The van der Waals surface area contributed by atoms with Crippen molar-refractivity contribution in [1.82, 2.24) is 0 Å². The lowest BCUT2D eigenvalue weighted by Gasteiger charge is -2.31. The standard InChI is InChI=1S/C19H22ClNO2/c1-3-22-18(15-20)21-19(23-4-2,16-11-7-5-8-12-16)17-13-9-6-10-14-17/h5-14H,3-4,15H2,1-2H3/b21-18-. The fourth-order valence-electron chi connectivity index (χ4n) is 2.47. The Labute approximate surface area is 142 Å². The molecule has 4 heteroatoms. The van der Waals surface area contributed by atoms with E-state index in [4.69, 9.17) is 26.1 Å². The molecule has 0 aliphatic rings. The molecule has 2 aromatic carbocycles. The minimum atomic E-state index is -0.962. The zero-order valence-electron chi connectivity index (χ0n) is 13.5. The maximum Gasteiger partial charge on any atom is 0.214 e. The lowest BCUT2D eigenvalue weighted by Crippen LogP contribution is -2.31. The van der Waals surface area contributed by atoms with Crippen LogP contribution in [-0.4, -0.2) is 25.0 Å². The molecule has 0 atom stereocenters. The van der Waals surface area contributed by atoms with E-state index in [2.05, 4.69) is 0 Å². The van der Waals surface area contributed by atoms with Crippen molar-refractivity contribution in [3.8, 4) is 0 Å². The molecule has 0 unspecified atom stereocenters. The van der Waals surface area contributed by atoms with Crippen molar-refractivity contribution in [3.05, 3.63) is 71.8 Å². The summed E-state index contributed by atoms with van der Waals surface area (Å²) in [7, 11) is 0. The molecule has 0 heterocycles. The molecule has 0 radical (unpaired) electrons. The second-order valence-electron chi connectivity index (χ2n) is 4.88. The van der Waals surface area contributed by atoms with E-state index in [1.54, 1.807) is 0 Å². The summed E-state index contributed by atoms with van der Waals surface area (Å²) in [5, 5.41) is 0. The first-order valence-electron chi connectivity index (χ1n) is 7.79. The van der Waals surface area contributed by atoms with Gasteiger partial charge in [0.05, 0.1) is 12.5 Å². The fraction of sp³-hybridized carbons (Fsp3) is 0.316. The molecule has 2 aromatic rings. The first-order valence-corrected chi connectivity index (χ1v) is 8.32. The molecule has 0 spiro atoms. The summed E-state index contributed by atoms with van der Waals surface area (Å²) in [6.45, 7) is 4.89. The van der Waals surface area contributed by atoms with Gasteiger partial charge in [-0.1, -0.05) is 60.7 Å². The van der Waals surface area contributed by atoms with Gasteiger partial charge in [-0.15, -0.1) is 11.6 Å². The van der Waals surface area contributed by atoms with E-state index in [1.165, 1.54) is 0 Å². The maximum atomic E-state index is 6.15. The maximum absolute atomic E-state index is 6.15. The quantitative estimate of drug-likeness (QED) is 0.422. The van der Waals surface area contributed by atoms with Crippen molar-refractivity contribution < 1.29 is 9.47 Å². The van der Waals surface area contributed by atoms with E-state index in [1.807, 2.05) is 74.5 Å². The van der Waals surface area contributed by atoms with Crippen LogP contribution in [0.5, 0.6) is 0 Å². The summed E-state index contributed by atoms with van der Waals surface area (Å²) in [6.07, 6.45) is 0. The van der Waals surface area contributed by atoms with Gasteiger partial charge in [0.1, 0.15) is 0 Å². The number of halogens is 1. The summed E-state index contributed by atoms with van der Waals surface area (Å²) in [5.41, 5.74) is 0.919. The van der Waals surface area contributed by atoms with Crippen molar-refractivity contribution in [2.75, 3.05) is 19.1 Å². The van der Waals surface area contributed by atoms with Crippen LogP contribution in [0.2, 0.25) is 0 Å². The van der Waals surface area contributed by atoms with E-state index in [9.17, 15) is 0 Å². The smallest absolute Gasteiger partial charge is 0.214 e. The van der Waals surface area contributed by atoms with Gasteiger partial charge >= 0.3 is 0 Å². The van der Waals surface area contributed by atoms with Gasteiger partial charge in [0, 0.05) is 17.7 Å². The van der Waals surface area contributed by atoms with Crippen molar-refractivity contribution in [3.63, 3.8) is 0 Å². The molecule has 0 amide bonds. The number of benzene rings is 2. The Balaban J connectivity index is 2.65. The van der Waals surface area contributed by atoms with Crippen molar-refractivity contribution in [2.24, 2.45) is 4.99 Å². The third-order valence-electron chi connectivity index (χ3n) is 3.39. The Kier molecular flexibility index (Phi) is 6.63. The van der Waals surface area contributed by atoms with E-state index in [0.717, 1.165) is 11.1 Å². The van der Waals surface area contributed by atoms with Crippen LogP contribution in [0.3, 0.4) is 0 Å². The zero-order valence-corrected chi connectivity index (χ0v) is 14.3. The van der Waals surface area contributed by atoms with Crippen molar-refractivity contribution in [1.29, 1.82) is 0 Å². The highest BCUT2D eigenvalue weighted by molar-refractivity contribution is 6.27. The van der Waals surface area contributed by atoms with Gasteiger partial charge in [0.15, 0.2) is 0 Å². The number of hydrogen-bond acceptors (Lipinski definition) is 3. The second kappa shape index (κ2) is 8.70. The molecule has 0 aliphatic carbocycles. The van der Waals surface area contributed by atoms with Gasteiger partial charge in [-0.05, 0) is 13.8 Å². The Hall–Kier alpha value is -1.84. The molecule has 2 rings (SSSR count). The van der Waals surface area contributed by atoms with E-state index in [-0.39, 0.29) is 5.88 Å². The van der Waals surface area contributed by atoms with Crippen LogP contribution in [0.15, 0.2) is 65.7 Å². The van der Waals surface area contributed by atoms with E-state index >= 15 is 0 Å². The fourth-order valence-corrected chi connectivity index (χ4v) is 2.61. The average molecular weight is 332 g/mol. The van der Waals surface area contributed by atoms with Gasteiger partial charge in [0.25, 0.3) is 0 Å². The summed E-state index contributed by atoms with van der Waals surface area (Å²) in [4.78, 5) is 4.79. The van der Waals surface area contributed by atoms with Crippen LogP contribution in [0, 0.1) is 0 Å². The first-order chi connectivity index (χ1) is 11.3. The molecule has 122 valence electrons. The normalized spacial score (nSPS) is 12.2. The molecule has 0 aromatic heterocycles. The van der Waals surface area contributed by atoms with Crippen LogP contribution >= 0.6 is 11.6 Å². The van der Waals surface area contributed by atoms with Crippen LogP contribution in [0.1, 0.15) is 25.0 Å². The number of ether oxygens (including phenoxy) is 2. The molecular weight excluding hydrogens is 310 g/mol. The molecular formula is C19H22ClNO2.